The highest BCUT2D eigenvalue weighted by atomic mass is 32.2. The first kappa shape index (κ1) is 22.2. The number of thioether (sulfide) groups is 1. The van der Waals surface area contributed by atoms with E-state index in [2.05, 4.69) is 20.3 Å². The van der Waals surface area contributed by atoms with E-state index in [0.717, 1.165) is 24.2 Å². The summed E-state index contributed by atoms with van der Waals surface area (Å²) in [7, 11) is 0. The van der Waals surface area contributed by atoms with Crippen molar-refractivity contribution in [1.29, 1.82) is 0 Å². The van der Waals surface area contributed by atoms with Gasteiger partial charge in [-0.1, -0.05) is 25.0 Å². The molecule has 1 saturated carbocycles. The van der Waals surface area contributed by atoms with Gasteiger partial charge in [0, 0.05) is 16.7 Å². The summed E-state index contributed by atoms with van der Waals surface area (Å²) in [5.41, 5.74) is 1.41. The van der Waals surface area contributed by atoms with Crippen LogP contribution in [-0.4, -0.2) is 55.4 Å². The number of nitrogens with one attached hydrogen (secondary N) is 1. The molecule has 0 bridgehead atoms. The fourth-order valence-electron chi connectivity index (χ4n) is 5.16. The summed E-state index contributed by atoms with van der Waals surface area (Å²) in [6, 6.07) is 7.19. The Bertz CT molecular complexity index is 1180. The van der Waals surface area contributed by atoms with Crippen LogP contribution >= 0.6 is 11.8 Å². The van der Waals surface area contributed by atoms with Crippen molar-refractivity contribution in [3.63, 3.8) is 0 Å². The number of hydrogen-bond donors (Lipinski definition) is 1. The van der Waals surface area contributed by atoms with Crippen LogP contribution in [0, 0.1) is 5.82 Å². The SMILES string of the molecule is CC1(C)O[C@@H]2[C@@H](O1)[C@@H](CSc1ccccc1F)O[C@H]2n1cnc2c(NC3CCCC3)ncnc21. The second kappa shape index (κ2) is 8.75. The second-order valence-electron chi connectivity index (χ2n) is 9.54. The van der Waals surface area contributed by atoms with Gasteiger partial charge in [-0.15, -0.1) is 11.8 Å². The third kappa shape index (κ3) is 4.06. The van der Waals surface area contributed by atoms with E-state index in [1.807, 2.05) is 24.5 Å². The van der Waals surface area contributed by atoms with Gasteiger partial charge in [0.15, 0.2) is 29.0 Å². The standard InChI is InChI=1S/C24H28FN5O3S/c1-24(2)32-19-16(11-34-17-10-6-5-9-15(17)25)31-23(20(19)33-24)30-13-28-18-21(26-12-27-22(18)30)29-14-7-3-4-8-14/h5-6,9-10,12-14,16,19-20,23H,3-4,7-8,11H2,1-2H3,(H,26,27,29)/t16-,19+,20-,23-/m1/s1. The molecule has 1 aromatic carbocycles. The molecule has 6 rings (SSSR count). The van der Waals surface area contributed by atoms with Gasteiger partial charge in [-0.05, 0) is 38.8 Å². The molecule has 10 heteroatoms. The Kier molecular flexibility index (Phi) is 5.71. The van der Waals surface area contributed by atoms with E-state index in [9.17, 15) is 4.39 Å². The topological polar surface area (TPSA) is 83.3 Å². The lowest BCUT2D eigenvalue weighted by atomic mass is 10.1. The summed E-state index contributed by atoms with van der Waals surface area (Å²) in [4.78, 5) is 14.2. The number of halogens is 1. The second-order valence-corrected chi connectivity index (χ2v) is 10.6. The normalized spacial score (nSPS) is 28.6. The van der Waals surface area contributed by atoms with E-state index in [1.165, 1.54) is 30.7 Å². The van der Waals surface area contributed by atoms with Gasteiger partial charge in [-0.2, -0.15) is 0 Å². The van der Waals surface area contributed by atoms with E-state index in [0.29, 0.717) is 22.3 Å². The van der Waals surface area contributed by atoms with E-state index in [-0.39, 0.29) is 24.1 Å². The largest absolute Gasteiger partial charge is 0.365 e. The monoisotopic (exact) mass is 485 g/mol. The third-order valence-corrected chi connectivity index (χ3v) is 7.83. The third-order valence-electron chi connectivity index (χ3n) is 6.69. The lowest BCUT2D eigenvalue weighted by Gasteiger charge is -2.24. The van der Waals surface area contributed by atoms with Crippen LogP contribution in [-0.2, 0) is 14.2 Å². The molecule has 1 aliphatic carbocycles. The Morgan fingerprint density at radius 3 is 2.74 bits per heavy atom. The molecule has 0 radical (unpaired) electrons. The van der Waals surface area contributed by atoms with Crippen molar-refractivity contribution in [2.75, 3.05) is 11.1 Å². The minimum Gasteiger partial charge on any atom is -0.365 e. The van der Waals surface area contributed by atoms with Crippen LogP contribution in [0.4, 0.5) is 10.2 Å². The summed E-state index contributed by atoms with van der Waals surface area (Å²) in [6.07, 6.45) is 6.70. The highest BCUT2D eigenvalue weighted by Gasteiger charge is 2.56. The Morgan fingerprint density at radius 2 is 1.91 bits per heavy atom. The summed E-state index contributed by atoms with van der Waals surface area (Å²) in [6.45, 7) is 3.81. The molecule has 4 atom stereocenters. The van der Waals surface area contributed by atoms with Gasteiger partial charge in [0.25, 0.3) is 0 Å². The fraction of sp³-hybridized carbons (Fsp3) is 0.542. The molecule has 4 heterocycles. The number of imidazole rings is 1. The first-order valence-corrected chi connectivity index (χ1v) is 12.8. The van der Waals surface area contributed by atoms with Gasteiger partial charge in [0.05, 0.1) is 12.4 Å². The van der Waals surface area contributed by atoms with Gasteiger partial charge in [0.2, 0.25) is 0 Å². The average molecular weight is 486 g/mol. The van der Waals surface area contributed by atoms with Gasteiger partial charge in [-0.25, -0.2) is 19.3 Å². The molecule has 2 aromatic heterocycles. The van der Waals surface area contributed by atoms with Crippen molar-refractivity contribution in [3.8, 4) is 0 Å². The highest BCUT2D eigenvalue weighted by Crippen LogP contribution is 2.45. The number of nitrogens with zero attached hydrogens (tertiary/aromatic N) is 4. The molecule has 3 aromatic rings. The molecule has 0 spiro atoms. The predicted molar refractivity (Wildman–Crippen MR) is 126 cm³/mol. The zero-order chi connectivity index (χ0) is 23.3. The van der Waals surface area contributed by atoms with Gasteiger partial charge in [-0.3, -0.25) is 4.57 Å². The quantitative estimate of drug-likeness (QED) is 0.510. The number of fused-ring (bicyclic) bond motifs is 2. The molecule has 0 amide bonds. The van der Waals surface area contributed by atoms with Crippen LogP contribution in [0.2, 0.25) is 0 Å². The van der Waals surface area contributed by atoms with Crippen LogP contribution in [0.1, 0.15) is 45.8 Å². The minimum absolute atomic E-state index is 0.234. The van der Waals surface area contributed by atoms with E-state index >= 15 is 0 Å². The lowest BCUT2D eigenvalue weighted by Crippen LogP contribution is -2.31. The van der Waals surface area contributed by atoms with Crippen molar-refractivity contribution in [1.82, 2.24) is 19.5 Å². The van der Waals surface area contributed by atoms with Gasteiger partial charge >= 0.3 is 0 Å². The Balaban J connectivity index is 1.27. The Hall–Kier alpha value is -2.27. The van der Waals surface area contributed by atoms with Crippen LogP contribution < -0.4 is 5.32 Å². The Morgan fingerprint density at radius 1 is 1.12 bits per heavy atom. The predicted octanol–water partition coefficient (Wildman–Crippen LogP) is 4.53. The lowest BCUT2D eigenvalue weighted by molar-refractivity contribution is -0.193. The molecule has 180 valence electrons. The molecule has 8 nitrogen and oxygen atoms in total. The number of hydrogen-bond acceptors (Lipinski definition) is 8. The number of rotatable bonds is 6. The average Bonchev–Trinajstić information content (AvgIpc) is 3.58. The van der Waals surface area contributed by atoms with Gasteiger partial charge < -0.3 is 19.5 Å². The maximum absolute atomic E-state index is 14.2. The first-order valence-electron chi connectivity index (χ1n) is 11.8. The van der Waals surface area contributed by atoms with Crippen LogP contribution in [0.25, 0.3) is 11.2 Å². The molecule has 34 heavy (non-hydrogen) atoms. The summed E-state index contributed by atoms with van der Waals surface area (Å²) in [5, 5.41) is 3.54. The first-order chi connectivity index (χ1) is 16.5. The van der Waals surface area contributed by atoms with Crippen LogP contribution in [0.5, 0.6) is 0 Å². The summed E-state index contributed by atoms with van der Waals surface area (Å²) in [5.74, 6) is 0.315. The van der Waals surface area contributed by atoms with Crippen molar-refractivity contribution in [2.24, 2.45) is 0 Å². The van der Waals surface area contributed by atoms with Crippen LogP contribution in [0.15, 0.2) is 41.8 Å². The number of ether oxygens (including phenoxy) is 3. The summed E-state index contributed by atoms with van der Waals surface area (Å²) >= 11 is 1.42. The molecule has 2 aliphatic heterocycles. The fourth-order valence-corrected chi connectivity index (χ4v) is 6.15. The molecule has 3 aliphatic rings. The molecular weight excluding hydrogens is 457 g/mol. The zero-order valence-electron chi connectivity index (χ0n) is 19.2. The number of anilines is 1. The maximum atomic E-state index is 14.2. The molecule has 3 fully saturated rings. The molecular formula is C24H28FN5O3S. The summed E-state index contributed by atoms with van der Waals surface area (Å²) < 4.78 is 35.0. The van der Waals surface area contributed by atoms with Crippen molar-refractivity contribution < 1.29 is 18.6 Å². The Labute approximate surface area is 201 Å². The van der Waals surface area contributed by atoms with Crippen molar-refractivity contribution in [3.05, 3.63) is 42.7 Å². The van der Waals surface area contributed by atoms with Crippen LogP contribution in [0.3, 0.4) is 0 Å². The highest BCUT2D eigenvalue weighted by molar-refractivity contribution is 7.99. The van der Waals surface area contributed by atoms with E-state index < -0.39 is 12.0 Å². The van der Waals surface area contributed by atoms with Gasteiger partial charge in [0.1, 0.15) is 24.4 Å². The molecule has 0 unspecified atom stereocenters. The zero-order valence-corrected chi connectivity index (χ0v) is 20.0. The number of benzene rings is 1. The maximum Gasteiger partial charge on any atom is 0.167 e. The van der Waals surface area contributed by atoms with Crippen molar-refractivity contribution in [2.45, 2.75) is 80.8 Å². The van der Waals surface area contributed by atoms with Crippen molar-refractivity contribution >= 4 is 28.7 Å². The molecule has 1 N–H and O–H groups in total. The van der Waals surface area contributed by atoms with E-state index in [4.69, 9.17) is 14.2 Å². The van der Waals surface area contributed by atoms with E-state index in [1.54, 1.807) is 24.8 Å². The number of aromatic nitrogens is 4. The smallest absolute Gasteiger partial charge is 0.167 e. The molecule has 2 saturated heterocycles. The minimum atomic E-state index is -0.737.